The highest BCUT2D eigenvalue weighted by molar-refractivity contribution is 7.89. The van der Waals surface area contributed by atoms with Crippen LogP contribution in [0.1, 0.15) is 56.9 Å². The maximum atomic E-state index is 13.6. The highest BCUT2D eigenvalue weighted by Crippen LogP contribution is 2.30. The molecule has 2 N–H and O–H groups in total. The molecule has 228 valence electrons. The maximum Gasteiger partial charge on any atom is 0.243 e. The van der Waals surface area contributed by atoms with Crippen LogP contribution in [0.5, 0.6) is 0 Å². The summed E-state index contributed by atoms with van der Waals surface area (Å²) in [7, 11) is -3.77. The Morgan fingerprint density at radius 2 is 1.60 bits per heavy atom. The number of hydrogen-bond donors (Lipinski definition) is 2. The molecule has 3 aliphatic rings. The van der Waals surface area contributed by atoms with Crippen molar-refractivity contribution in [1.29, 1.82) is 0 Å². The van der Waals surface area contributed by atoms with Crippen LogP contribution in [0.3, 0.4) is 0 Å². The Hall–Kier alpha value is -3.05. The number of halogens is 2. The molecule has 1 saturated heterocycles. The minimum atomic E-state index is -3.77. The van der Waals surface area contributed by atoms with Crippen molar-refractivity contribution < 1.29 is 26.8 Å². The number of nitrogens with zero attached hydrogens (tertiary/aromatic N) is 2. The minimum Gasteiger partial charge on any atom is -0.369 e. The summed E-state index contributed by atoms with van der Waals surface area (Å²) >= 11 is 0. The van der Waals surface area contributed by atoms with Gasteiger partial charge in [0.1, 0.15) is 17.7 Å². The third-order valence-electron chi connectivity index (χ3n) is 8.92. The molecule has 1 saturated carbocycles. The molecule has 0 bridgehead atoms. The van der Waals surface area contributed by atoms with E-state index in [1.807, 2.05) is 0 Å². The van der Waals surface area contributed by atoms with E-state index in [0.717, 1.165) is 62.0 Å². The number of amides is 2. The summed E-state index contributed by atoms with van der Waals surface area (Å²) in [4.78, 5) is 28.8. The van der Waals surface area contributed by atoms with Gasteiger partial charge in [0.05, 0.1) is 4.90 Å². The predicted octanol–water partition coefficient (Wildman–Crippen LogP) is 4.00. The van der Waals surface area contributed by atoms with Crippen molar-refractivity contribution in [2.24, 2.45) is 11.8 Å². The lowest BCUT2D eigenvalue weighted by Gasteiger charge is -2.32. The summed E-state index contributed by atoms with van der Waals surface area (Å²) in [6.07, 6.45) is 7.58. The molecule has 11 heteroatoms. The first kappa shape index (κ1) is 30.4. The zero-order chi connectivity index (χ0) is 29.7. The van der Waals surface area contributed by atoms with Crippen molar-refractivity contribution in [1.82, 2.24) is 14.9 Å². The molecule has 2 amide bonds. The Labute approximate surface area is 246 Å². The van der Waals surface area contributed by atoms with Crippen LogP contribution in [0.25, 0.3) is 0 Å². The number of benzene rings is 2. The molecular formula is C31H40F2N4O4S. The highest BCUT2D eigenvalue weighted by Gasteiger charge is 2.34. The van der Waals surface area contributed by atoms with Crippen molar-refractivity contribution in [3.63, 3.8) is 0 Å². The number of anilines is 1. The number of carbonyl (C=O) groups excluding carboxylic acids is 2. The second-order valence-corrected chi connectivity index (χ2v) is 13.7. The van der Waals surface area contributed by atoms with Gasteiger partial charge < -0.3 is 15.5 Å². The number of hydrogen-bond acceptors (Lipinski definition) is 5. The molecule has 2 aliphatic heterocycles. The van der Waals surface area contributed by atoms with Crippen molar-refractivity contribution in [2.75, 3.05) is 37.6 Å². The van der Waals surface area contributed by atoms with Gasteiger partial charge >= 0.3 is 0 Å². The van der Waals surface area contributed by atoms with Crippen molar-refractivity contribution >= 4 is 27.5 Å². The molecule has 0 spiro atoms. The van der Waals surface area contributed by atoms with Crippen molar-refractivity contribution in [2.45, 2.75) is 68.7 Å². The molecule has 1 aliphatic carbocycles. The van der Waals surface area contributed by atoms with Gasteiger partial charge in [0.15, 0.2) is 0 Å². The Bertz CT molecular complexity index is 1360. The summed E-state index contributed by atoms with van der Waals surface area (Å²) in [5, 5.41) is 6.02. The molecule has 42 heavy (non-hydrogen) atoms. The van der Waals surface area contributed by atoms with Gasteiger partial charge in [0.25, 0.3) is 0 Å². The minimum absolute atomic E-state index is 0.0283. The monoisotopic (exact) mass is 602 g/mol. The lowest BCUT2D eigenvalue weighted by atomic mass is 9.84. The van der Waals surface area contributed by atoms with Gasteiger partial charge in [-0.1, -0.05) is 32.1 Å². The predicted molar refractivity (Wildman–Crippen MR) is 156 cm³/mol. The second-order valence-electron chi connectivity index (χ2n) is 11.7. The summed E-state index contributed by atoms with van der Waals surface area (Å²) in [6, 6.07) is 8.88. The smallest absolute Gasteiger partial charge is 0.243 e. The van der Waals surface area contributed by atoms with E-state index in [2.05, 4.69) is 15.5 Å². The normalized spacial score (nSPS) is 19.3. The Morgan fingerprint density at radius 3 is 2.31 bits per heavy atom. The van der Waals surface area contributed by atoms with Crippen LogP contribution in [0.15, 0.2) is 47.4 Å². The van der Waals surface area contributed by atoms with E-state index in [9.17, 15) is 26.8 Å². The summed E-state index contributed by atoms with van der Waals surface area (Å²) in [5.41, 5.74) is 1.96. The fourth-order valence-electron chi connectivity index (χ4n) is 6.50. The van der Waals surface area contributed by atoms with Crippen LogP contribution in [0.2, 0.25) is 0 Å². The first-order chi connectivity index (χ1) is 20.2. The van der Waals surface area contributed by atoms with Crippen molar-refractivity contribution in [3.8, 4) is 0 Å². The topological polar surface area (TPSA) is 98.8 Å². The lowest BCUT2D eigenvalue weighted by Crippen LogP contribution is -2.52. The first-order valence-corrected chi connectivity index (χ1v) is 16.5. The number of carbonyl (C=O) groups is 2. The molecule has 5 rings (SSSR count). The maximum absolute atomic E-state index is 13.6. The molecule has 0 unspecified atom stereocenters. The van der Waals surface area contributed by atoms with E-state index in [1.165, 1.54) is 28.9 Å². The Morgan fingerprint density at radius 1 is 0.905 bits per heavy atom. The van der Waals surface area contributed by atoms with Crippen LogP contribution in [-0.4, -0.2) is 63.3 Å². The van der Waals surface area contributed by atoms with Gasteiger partial charge in [-0.3, -0.25) is 9.59 Å². The van der Waals surface area contributed by atoms with E-state index in [4.69, 9.17) is 0 Å². The SMILES string of the molecule is O=C(N[C@@H](CC1CCCCC1)C(=O)NCCN1CCc2cc(F)ccc21)C1CCN(S(=O)(=O)c2ccc(F)cc2)CC1. The molecule has 2 aromatic rings. The van der Waals surface area contributed by atoms with Crippen LogP contribution < -0.4 is 15.5 Å². The number of rotatable bonds is 10. The second kappa shape index (κ2) is 13.5. The van der Waals surface area contributed by atoms with Gasteiger partial charge in [-0.25, -0.2) is 17.2 Å². The molecule has 0 aromatic heterocycles. The van der Waals surface area contributed by atoms with E-state index in [0.29, 0.717) is 38.3 Å². The van der Waals surface area contributed by atoms with Gasteiger partial charge in [-0.2, -0.15) is 4.31 Å². The molecule has 1 atom stereocenters. The molecule has 0 radical (unpaired) electrons. The summed E-state index contributed by atoms with van der Waals surface area (Å²) < 4.78 is 54.1. The van der Waals surface area contributed by atoms with Gasteiger partial charge in [-0.05, 0) is 79.6 Å². The zero-order valence-corrected chi connectivity index (χ0v) is 24.7. The Kier molecular flexibility index (Phi) is 9.77. The molecule has 2 fully saturated rings. The summed E-state index contributed by atoms with van der Waals surface area (Å²) in [6.45, 7) is 2.13. The average Bonchev–Trinajstić information content (AvgIpc) is 3.39. The molecule has 8 nitrogen and oxygen atoms in total. The number of piperidine rings is 1. The average molecular weight is 603 g/mol. The third-order valence-corrected chi connectivity index (χ3v) is 10.8. The quantitative estimate of drug-likeness (QED) is 0.429. The van der Waals surface area contributed by atoms with Gasteiger partial charge in [-0.15, -0.1) is 0 Å². The van der Waals surface area contributed by atoms with Crippen LogP contribution in [0.4, 0.5) is 14.5 Å². The van der Waals surface area contributed by atoms with Gasteiger partial charge in [0.2, 0.25) is 21.8 Å². The molecule has 2 heterocycles. The van der Waals surface area contributed by atoms with Crippen LogP contribution >= 0.6 is 0 Å². The van der Waals surface area contributed by atoms with E-state index in [1.54, 1.807) is 12.1 Å². The molecular weight excluding hydrogens is 562 g/mol. The van der Waals surface area contributed by atoms with Crippen LogP contribution in [0, 0.1) is 23.5 Å². The fourth-order valence-corrected chi connectivity index (χ4v) is 7.97. The van der Waals surface area contributed by atoms with Gasteiger partial charge in [0, 0.05) is 44.3 Å². The molecule has 2 aromatic carbocycles. The van der Waals surface area contributed by atoms with E-state index in [-0.39, 0.29) is 35.6 Å². The number of nitrogens with one attached hydrogen (secondary N) is 2. The number of fused-ring (bicyclic) bond motifs is 1. The standard InChI is InChI=1S/C31H40F2N4O4S/c32-25-6-9-27(10-7-25)42(40,41)37-17-13-23(14-18-37)30(38)35-28(20-22-4-2-1-3-5-22)31(39)34-15-19-36-16-12-24-21-26(33)8-11-29(24)36/h6-11,21-23,28H,1-5,12-20H2,(H,34,39)(H,35,38)/t28-/m0/s1. The first-order valence-electron chi connectivity index (χ1n) is 15.1. The highest BCUT2D eigenvalue weighted by atomic mass is 32.2. The van der Waals surface area contributed by atoms with E-state index < -0.39 is 27.8 Å². The fraction of sp³-hybridized carbons (Fsp3) is 0.548. The summed E-state index contributed by atoms with van der Waals surface area (Å²) in [5.74, 6) is -1.20. The third kappa shape index (κ3) is 7.29. The van der Waals surface area contributed by atoms with Crippen molar-refractivity contribution in [3.05, 3.63) is 59.7 Å². The lowest BCUT2D eigenvalue weighted by molar-refractivity contribution is -0.132. The van der Waals surface area contributed by atoms with E-state index >= 15 is 0 Å². The zero-order valence-electron chi connectivity index (χ0n) is 23.9. The van der Waals surface area contributed by atoms with Crippen LogP contribution in [-0.2, 0) is 26.0 Å². The Balaban J connectivity index is 1.16. The number of sulfonamides is 1. The largest absolute Gasteiger partial charge is 0.369 e.